The highest BCUT2D eigenvalue weighted by molar-refractivity contribution is 6.32. The number of aromatic carboxylic acids is 1. The van der Waals surface area contributed by atoms with E-state index >= 15 is 0 Å². The molecule has 1 aliphatic rings. The Morgan fingerprint density at radius 1 is 1.29 bits per heavy atom. The number of carbonyl (C=O) groups is 2. The Balaban J connectivity index is 1.97. The molecule has 1 aliphatic heterocycles. The summed E-state index contributed by atoms with van der Waals surface area (Å²) >= 11 is 0. The summed E-state index contributed by atoms with van der Waals surface area (Å²) in [6.45, 7) is 3.49. The van der Waals surface area contributed by atoms with E-state index < -0.39 is 16.8 Å². The molecule has 0 radical (unpaired) electrons. The van der Waals surface area contributed by atoms with Crippen molar-refractivity contribution in [3.63, 3.8) is 0 Å². The zero-order valence-corrected chi connectivity index (χ0v) is 15.2. The van der Waals surface area contributed by atoms with Crippen LogP contribution in [0, 0.1) is 10.1 Å². The van der Waals surface area contributed by atoms with Gasteiger partial charge in [0.15, 0.2) is 0 Å². The smallest absolute Gasteiger partial charge is 0.335 e. The van der Waals surface area contributed by atoms with E-state index in [2.05, 4.69) is 5.10 Å². The van der Waals surface area contributed by atoms with Gasteiger partial charge in [0.05, 0.1) is 27.5 Å². The maximum Gasteiger partial charge on any atom is 0.335 e. The normalized spacial score (nSPS) is 15.1. The van der Waals surface area contributed by atoms with Crippen LogP contribution in [0.25, 0.3) is 6.08 Å². The minimum Gasteiger partial charge on any atom is -0.478 e. The molecule has 0 spiro atoms. The van der Waals surface area contributed by atoms with E-state index in [1.54, 1.807) is 31.2 Å². The molecular weight excluding hydrogens is 362 g/mol. The molecule has 0 atom stereocenters. The van der Waals surface area contributed by atoms with E-state index in [9.17, 15) is 19.7 Å². The number of anilines is 1. The van der Waals surface area contributed by atoms with Gasteiger partial charge in [0.2, 0.25) is 0 Å². The predicted molar refractivity (Wildman–Crippen MR) is 104 cm³/mol. The second-order valence-corrected chi connectivity index (χ2v) is 6.21. The number of nitro benzene ring substituents is 1. The van der Waals surface area contributed by atoms with Gasteiger partial charge in [-0.2, -0.15) is 10.1 Å². The minimum atomic E-state index is -1.10. The summed E-state index contributed by atoms with van der Waals surface area (Å²) in [5, 5.41) is 25.7. The lowest BCUT2D eigenvalue weighted by Gasteiger charge is -2.12. The highest BCUT2D eigenvalue weighted by Crippen LogP contribution is 2.27. The summed E-state index contributed by atoms with van der Waals surface area (Å²) in [4.78, 5) is 34.8. The molecule has 8 nitrogen and oxygen atoms in total. The van der Waals surface area contributed by atoms with E-state index in [-0.39, 0.29) is 11.3 Å². The number of hydrazone groups is 1. The Bertz CT molecular complexity index is 1060. The van der Waals surface area contributed by atoms with Crippen LogP contribution in [0.3, 0.4) is 0 Å². The molecule has 1 heterocycles. The SMILES string of the molecule is CCc1ccc(/C=C2\C(=O)N(c3cccc(C(=O)O)c3)N=C2C)cc1[N+](=O)[O-]. The molecule has 0 unspecified atom stereocenters. The number of aryl methyl sites for hydroxylation is 1. The van der Waals surface area contributed by atoms with Crippen LogP contribution in [0.5, 0.6) is 0 Å². The Labute approximate surface area is 160 Å². The van der Waals surface area contributed by atoms with Gasteiger partial charge in [0.1, 0.15) is 0 Å². The van der Waals surface area contributed by atoms with Gasteiger partial charge in [-0.3, -0.25) is 14.9 Å². The number of carboxylic acid groups (broad SMARTS) is 1. The third kappa shape index (κ3) is 3.52. The summed E-state index contributed by atoms with van der Waals surface area (Å²) in [6, 6.07) is 10.7. The number of carbonyl (C=O) groups excluding carboxylic acids is 1. The van der Waals surface area contributed by atoms with Gasteiger partial charge < -0.3 is 5.11 Å². The van der Waals surface area contributed by atoms with Crippen LogP contribution < -0.4 is 5.01 Å². The number of rotatable bonds is 5. The van der Waals surface area contributed by atoms with E-state index in [4.69, 9.17) is 5.11 Å². The lowest BCUT2D eigenvalue weighted by atomic mass is 10.0. The molecule has 8 heteroatoms. The van der Waals surface area contributed by atoms with Gasteiger partial charge in [-0.15, -0.1) is 0 Å². The fourth-order valence-corrected chi connectivity index (χ4v) is 2.94. The van der Waals surface area contributed by atoms with Gasteiger partial charge in [0.25, 0.3) is 11.6 Å². The predicted octanol–water partition coefficient (Wildman–Crippen LogP) is 3.66. The summed E-state index contributed by atoms with van der Waals surface area (Å²) in [7, 11) is 0. The van der Waals surface area contributed by atoms with Crippen molar-refractivity contribution in [3.8, 4) is 0 Å². The molecular formula is C20H17N3O5. The van der Waals surface area contributed by atoms with Crippen molar-refractivity contribution in [1.29, 1.82) is 0 Å². The van der Waals surface area contributed by atoms with Crippen molar-refractivity contribution >= 4 is 35.0 Å². The van der Waals surface area contributed by atoms with Gasteiger partial charge in [-0.1, -0.05) is 25.1 Å². The molecule has 142 valence electrons. The molecule has 3 rings (SSSR count). The lowest BCUT2D eigenvalue weighted by Crippen LogP contribution is -2.21. The standard InChI is InChI=1S/C20H17N3O5/c1-3-14-8-7-13(10-18(14)23(27)28)9-17-12(2)21-22(19(17)24)16-6-4-5-15(11-16)20(25)26/h4-11H,3H2,1-2H3,(H,25,26)/b17-9-. The Kier molecular flexibility index (Phi) is 5.04. The van der Waals surface area contributed by atoms with Crippen molar-refractivity contribution in [2.24, 2.45) is 5.10 Å². The molecule has 0 bridgehead atoms. The molecule has 0 saturated heterocycles. The Hall–Kier alpha value is -3.81. The number of carboxylic acids is 1. The average Bonchev–Trinajstić information content (AvgIpc) is 2.96. The average molecular weight is 379 g/mol. The summed E-state index contributed by atoms with van der Waals surface area (Å²) in [5.41, 5.74) is 2.24. The second kappa shape index (κ2) is 7.43. The van der Waals surface area contributed by atoms with Crippen LogP contribution >= 0.6 is 0 Å². The molecule has 1 amide bonds. The molecule has 2 aromatic rings. The number of nitrogens with zero attached hydrogens (tertiary/aromatic N) is 3. The summed E-state index contributed by atoms with van der Waals surface area (Å²) < 4.78 is 0. The number of amides is 1. The van der Waals surface area contributed by atoms with Crippen LogP contribution in [0.2, 0.25) is 0 Å². The molecule has 0 aromatic heterocycles. The quantitative estimate of drug-likeness (QED) is 0.484. The molecule has 28 heavy (non-hydrogen) atoms. The monoisotopic (exact) mass is 379 g/mol. The Morgan fingerprint density at radius 3 is 2.68 bits per heavy atom. The first-order valence-corrected chi connectivity index (χ1v) is 8.54. The number of nitro groups is 1. The van der Waals surface area contributed by atoms with Crippen molar-refractivity contribution < 1.29 is 19.6 Å². The van der Waals surface area contributed by atoms with Crippen LogP contribution in [0.15, 0.2) is 53.1 Å². The molecule has 1 N–H and O–H groups in total. The maximum atomic E-state index is 12.8. The van der Waals surface area contributed by atoms with Crippen LogP contribution in [-0.2, 0) is 11.2 Å². The molecule has 0 fully saturated rings. The lowest BCUT2D eigenvalue weighted by molar-refractivity contribution is -0.385. The number of hydrogen-bond acceptors (Lipinski definition) is 5. The van der Waals surface area contributed by atoms with Gasteiger partial charge >= 0.3 is 5.97 Å². The Morgan fingerprint density at radius 2 is 2.04 bits per heavy atom. The first-order valence-electron chi connectivity index (χ1n) is 8.54. The topological polar surface area (TPSA) is 113 Å². The fraction of sp³-hybridized carbons (Fsp3) is 0.150. The molecule has 0 saturated carbocycles. The molecule has 2 aromatic carbocycles. The zero-order valence-electron chi connectivity index (χ0n) is 15.2. The van der Waals surface area contributed by atoms with Crippen LogP contribution in [0.1, 0.15) is 35.3 Å². The first kappa shape index (κ1) is 19.0. The minimum absolute atomic E-state index is 0.00269. The third-order valence-corrected chi connectivity index (χ3v) is 4.40. The van der Waals surface area contributed by atoms with E-state index in [1.807, 2.05) is 6.92 Å². The van der Waals surface area contributed by atoms with Gasteiger partial charge in [-0.05, 0) is 43.2 Å². The highest BCUT2D eigenvalue weighted by atomic mass is 16.6. The third-order valence-electron chi connectivity index (χ3n) is 4.40. The highest BCUT2D eigenvalue weighted by Gasteiger charge is 2.29. The van der Waals surface area contributed by atoms with E-state index in [0.717, 1.165) is 5.01 Å². The van der Waals surface area contributed by atoms with Gasteiger partial charge in [0, 0.05) is 11.6 Å². The van der Waals surface area contributed by atoms with Gasteiger partial charge in [-0.25, -0.2) is 4.79 Å². The maximum absolute atomic E-state index is 12.8. The van der Waals surface area contributed by atoms with Crippen molar-refractivity contribution in [1.82, 2.24) is 0 Å². The summed E-state index contributed by atoms with van der Waals surface area (Å²) in [6.07, 6.45) is 2.08. The van der Waals surface area contributed by atoms with E-state index in [0.29, 0.717) is 34.5 Å². The van der Waals surface area contributed by atoms with Crippen molar-refractivity contribution in [2.75, 3.05) is 5.01 Å². The number of benzene rings is 2. The van der Waals surface area contributed by atoms with Crippen molar-refractivity contribution in [2.45, 2.75) is 20.3 Å². The zero-order chi connectivity index (χ0) is 20.4. The first-order chi connectivity index (χ1) is 13.3. The van der Waals surface area contributed by atoms with Crippen LogP contribution in [-0.4, -0.2) is 27.6 Å². The molecule has 0 aliphatic carbocycles. The van der Waals surface area contributed by atoms with Crippen LogP contribution in [0.4, 0.5) is 11.4 Å². The fourth-order valence-electron chi connectivity index (χ4n) is 2.94. The van der Waals surface area contributed by atoms with E-state index in [1.165, 1.54) is 24.3 Å². The van der Waals surface area contributed by atoms with Crippen molar-refractivity contribution in [3.05, 3.63) is 74.8 Å². The number of hydrogen-bond donors (Lipinski definition) is 1. The second-order valence-electron chi connectivity index (χ2n) is 6.21. The largest absolute Gasteiger partial charge is 0.478 e. The summed E-state index contributed by atoms with van der Waals surface area (Å²) in [5.74, 6) is -1.53.